The van der Waals surface area contributed by atoms with Gasteiger partial charge in [-0.1, -0.05) is 23.2 Å². The number of carbonyl (C=O) groups excluding carboxylic acids is 1. The van der Waals surface area contributed by atoms with Crippen molar-refractivity contribution in [3.05, 3.63) is 21.7 Å². The number of hydrogen-bond donors (Lipinski definition) is 1. The van der Waals surface area contributed by atoms with Gasteiger partial charge in [0, 0.05) is 5.56 Å². The highest BCUT2D eigenvalue weighted by Crippen LogP contribution is 2.47. The van der Waals surface area contributed by atoms with Gasteiger partial charge in [-0.2, -0.15) is 0 Å². The molecule has 1 N–H and O–H groups in total. The van der Waals surface area contributed by atoms with Crippen molar-refractivity contribution in [1.29, 1.82) is 0 Å². The molecule has 0 amide bonds. The molecule has 0 spiro atoms. The molecule has 1 aromatic rings. The van der Waals surface area contributed by atoms with E-state index in [1.807, 2.05) is 0 Å². The molecule has 0 bridgehead atoms. The van der Waals surface area contributed by atoms with Gasteiger partial charge in [0.15, 0.2) is 5.75 Å². The Balaban J connectivity index is 2.46. The van der Waals surface area contributed by atoms with Crippen LogP contribution in [0.25, 0.3) is 0 Å². The molecule has 0 aliphatic carbocycles. The fraction of sp³-hybridized carbons (Fsp3) is 0.417. The SMILES string of the molecule is CCOC(=O)C1CCOc2c1cc(Cl)c(O)c2Cl. The van der Waals surface area contributed by atoms with Gasteiger partial charge >= 0.3 is 5.97 Å². The van der Waals surface area contributed by atoms with E-state index >= 15 is 0 Å². The summed E-state index contributed by atoms with van der Waals surface area (Å²) in [5.41, 5.74) is 0.563. The lowest BCUT2D eigenvalue weighted by atomic mass is 9.93. The Hall–Kier alpha value is -1.13. The van der Waals surface area contributed by atoms with Crippen LogP contribution in [-0.2, 0) is 9.53 Å². The molecule has 1 atom stereocenters. The first-order valence-electron chi connectivity index (χ1n) is 5.56. The third-order valence-electron chi connectivity index (χ3n) is 2.78. The van der Waals surface area contributed by atoms with Gasteiger partial charge in [-0.25, -0.2) is 0 Å². The molecular weight excluding hydrogens is 279 g/mol. The van der Waals surface area contributed by atoms with Crippen LogP contribution in [0.4, 0.5) is 0 Å². The van der Waals surface area contributed by atoms with Gasteiger partial charge in [-0.15, -0.1) is 0 Å². The van der Waals surface area contributed by atoms with E-state index in [0.717, 1.165) is 0 Å². The molecule has 1 unspecified atom stereocenters. The summed E-state index contributed by atoms with van der Waals surface area (Å²) in [6, 6.07) is 1.50. The number of benzene rings is 1. The number of esters is 1. The molecular formula is C12H12Cl2O4. The second kappa shape index (κ2) is 5.24. The van der Waals surface area contributed by atoms with Gasteiger partial charge in [0.25, 0.3) is 0 Å². The molecule has 98 valence electrons. The van der Waals surface area contributed by atoms with Gasteiger partial charge in [-0.3, -0.25) is 4.79 Å². The summed E-state index contributed by atoms with van der Waals surface area (Å²) >= 11 is 11.8. The Morgan fingerprint density at radius 3 is 3.00 bits per heavy atom. The molecule has 0 radical (unpaired) electrons. The van der Waals surface area contributed by atoms with Crippen LogP contribution >= 0.6 is 23.2 Å². The third-order valence-corrected chi connectivity index (χ3v) is 3.42. The Kier molecular flexibility index (Phi) is 3.88. The molecule has 1 aliphatic heterocycles. The van der Waals surface area contributed by atoms with Crippen LogP contribution in [0.15, 0.2) is 6.07 Å². The zero-order chi connectivity index (χ0) is 13.3. The zero-order valence-corrected chi connectivity index (χ0v) is 11.2. The second-order valence-electron chi connectivity index (χ2n) is 3.88. The largest absolute Gasteiger partial charge is 0.505 e. The molecule has 1 heterocycles. The third kappa shape index (κ3) is 2.22. The van der Waals surface area contributed by atoms with Crippen molar-refractivity contribution >= 4 is 29.2 Å². The Morgan fingerprint density at radius 2 is 2.33 bits per heavy atom. The van der Waals surface area contributed by atoms with Crippen molar-refractivity contribution in [2.24, 2.45) is 0 Å². The topological polar surface area (TPSA) is 55.8 Å². The lowest BCUT2D eigenvalue weighted by Gasteiger charge is -2.25. The first-order chi connectivity index (χ1) is 8.56. The minimum atomic E-state index is -0.454. The van der Waals surface area contributed by atoms with E-state index in [0.29, 0.717) is 30.9 Å². The predicted octanol–water partition coefficient (Wildman–Crippen LogP) is 3.13. The van der Waals surface area contributed by atoms with Crippen molar-refractivity contribution in [2.45, 2.75) is 19.3 Å². The van der Waals surface area contributed by atoms with E-state index in [2.05, 4.69) is 0 Å². The van der Waals surface area contributed by atoms with Crippen molar-refractivity contribution in [2.75, 3.05) is 13.2 Å². The monoisotopic (exact) mass is 290 g/mol. The minimum Gasteiger partial charge on any atom is -0.505 e. The number of phenols is 1. The number of hydrogen-bond acceptors (Lipinski definition) is 4. The quantitative estimate of drug-likeness (QED) is 0.850. The Labute approximate surface area is 114 Å². The average Bonchev–Trinajstić information content (AvgIpc) is 2.36. The van der Waals surface area contributed by atoms with Crippen molar-refractivity contribution in [1.82, 2.24) is 0 Å². The molecule has 1 aliphatic rings. The number of fused-ring (bicyclic) bond motifs is 1. The zero-order valence-electron chi connectivity index (χ0n) is 9.70. The molecule has 0 aromatic heterocycles. The predicted molar refractivity (Wildman–Crippen MR) is 67.6 cm³/mol. The maximum atomic E-state index is 11.8. The summed E-state index contributed by atoms with van der Waals surface area (Å²) < 4.78 is 10.4. The van der Waals surface area contributed by atoms with Crippen molar-refractivity contribution in [3.8, 4) is 11.5 Å². The maximum absolute atomic E-state index is 11.8. The number of rotatable bonds is 2. The smallest absolute Gasteiger partial charge is 0.313 e. The van der Waals surface area contributed by atoms with Crippen LogP contribution in [-0.4, -0.2) is 24.3 Å². The Morgan fingerprint density at radius 1 is 1.61 bits per heavy atom. The number of ether oxygens (including phenoxy) is 2. The van der Waals surface area contributed by atoms with E-state index in [1.54, 1.807) is 6.92 Å². The second-order valence-corrected chi connectivity index (χ2v) is 4.67. The van der Waals surface area contributed by atoms with Crippen LogP contribution in [0.5, 0.6) is 11.5 Å². The van der Waals surface area contributed by atoms with Crippen LogP contribution in [0.2, 0.25) is 10.0 Å². The van der Waals surface area contributed by atoms with Crippen LogP contribution in [0, 0.1) is 0 Å². The van der Waals surface area contributed by atoms with E-state index in [1.165, 1.54) is 6.07 Å². The normalized spacial score (nSPS) is 17.8. The van der Waals surface area contributed by atoms with Gasteiger partial charge in [0.05, 0.1) is 24.2 Å². The summed E-state index contributed by atoms with van der Waals surface area (Å²) in [4.78, 5) is 11.8. The first kappa shape index (κ1) is 13.3. The summed E-state index contributed by atoms with van der Waals surface area (Å²) in [6.07, 6.45) is 0.503. The van der Waals surface area contributed by atoms with Crippen LogP contribution in [0.1, 0.15) is 24.8 Å². The molecule has 6 heteroatoms. The summed E-state index contributed by atoms with van der Waals surface area (Å²) in [5, 5.41) is 9.76. The minimum absolute atomic E-state index is 0.0338. The van der Waals surface area contributed by atoms with Crippen molar-refractivity contribution < 1.29 is 19.4 Å². The lowest BCUT2D eigenvalue weighted by molar-refractivity contribution is -0.145. The van der Waals surface area contributed by atoms with Crippen LogP contribution < -0.4 is 4.74 Å². The molecule has 0 fully saturated rings. The van der Waals surface area contributed by atoms with Gasteiger partial charge in [0.2, 0.25) is 0 Å². The Bertz CT molecular complexity index is 487. The van der Waals surface area contributed by atoms with E-state index in [9.17, 15) is 9.90 Å². The molecule has 2 rings (SSSR count). The fourth-order valence-corrected chi connectivity index (χ4v) is 2.46. The summed E-state index contributed by atoms with van der Waals surface area (Å²) in [5.74, 6) is -0.714. The number of aromatic hydroxyl groups is 1. The highest BCUT2D eigenvalue weighted by atomic mass is 35.5. The summed E-state index contributed by atoms with van der Waals surface area (Å²) in [6.45, 7) is 2.40. The average molecular weight is 291 g/mol. The highest BCUT2D eigenvalue weighted by Gasteiger charge is 2.32. The highest BCUT2D eigenvalue weighted by molar-refractivity contribution is 6.38. The molecule has 0 saturated heterocycles. The maximum Gasteiger partial charge on any atom is 0.313 e. The van der Waals surface area contributed by atoms with Gasteiger partial charge < -0.3 is 14.6 Å². The molecule has 18 heavy (non-hydrogen) atoms. The fourth-order valence-electron chi connectivity index (χ4n) is 1.94. The molecule has 1 aromatic carbocycles. The number of phenolic OH excluding ortho intramolecular Hbond substituents is 1. The molecule has 4 nitrogen and oxygen atoms in total. The van der Waals surface area contributed by atoms with Crippen LogP contribution in [0.3, 0.4) is 0 Å². The van der Waals surface area contributed by atoms with Gasteiger partial charge in [0.1, 0.15) is 10.8 Å². The standard InChI is InChI=1S/C12H12Cl2O4/c1-2-17-12(16)6-3-4-18-11-7(6)5-8(13)10(15)9(11)14/h5-6,15H,2-4H2,1H3. The first-order valence-corrected chi connectivity index (χ1v) is 6.32. The summed E-state index contributed by atoms with van der Waals surface area (Å²) in [7, 11) is 0. The molecule has 0 saturated carbocycles. The van der Waals surface area contributed by atoms with E-state index in [4.69, 9.17) is 32.7 Å². The van der Waals surface area contributed by atoms with Crippen molar-refractivity contribution in [3.63, 3.8) is 0 Å². The van der Waals surface area contributed by atoms with E-state index < -0.39 is 5.92 Å². The van der Waals surface area contributed by atoms with Gasteiger partial charge in [-0.05, 0) is 19.4 Å². The number of halogens is 2. The van der Waals surface area contributed by atoms with E-state index in [-0.39, 0.29) is 21.8 Å². The lowest BCUT2D eigenvalue weighted by Crippen LogP contribution is -2.23. The number of carbonyl (C=O) groups is 1.